The standard InChI is InChI=1S/C17H15NO2/c1-12-3-5-13(6-4-12)16-9-7-14-11-15(20-2)8-10-17(14)18(16)19/h3-11H,1-2H3. The molecule has 3 aromatic rings. The molecule has 100 valence electrons. The third-order valence-corrected chi connectivity index (χ3v) is 3.44. The van der Waals surface area contributed by atoms with Crippen LogP contribution in [-0.4, -0.2) is 7.11 Å². The predicted octanol–water partition coefficient (Wildman–Crippen LogP) is 3.46. The Labute approximate surface area is 117 Å². The van der Waals surface area contributed by atoms with Crippen LogP contribution in [0.1, 0.15) is 5.56 Å². The summed E-state index contributed by atoms with van der Waals surface area (Å²) in [5, 5.41) is 13.4. The van der Waals surface area contributed by atoms with Crippen molar-refractivity contribution >= 4 is 10.9 Å². The first-order valence-electron chi connectivity index (χ1n) is 6.46. The Morgan fingerprint density at radius 3 is 2.40 bits per heavy atom. The Bertz CT molecular complexity index is 764. The summed E-state index contributed by atoms with van der Waals surface area (Å²) in [7, 11) is 1.62. The van der Waals surface area contributed by atoms with E-state index >= 15 is 0 Å². The highest BCUT2D eigenvalue weighted by Gasteiger charge is 2.12. The van der Waals surface area contributed by atoms with Gasteiger partial charge in [0.25, 0.3) is 0 Å². The first-order chi connectivity index (χ1) is 9.69. The zero-order valence-electron chi connectivity index (χ0n) is 11.5. The van der Waals surface area contributed by atoms with Gasteiger partial charge in [-0.25, -0.2) is 0 Å². The fourth-order valence-electron chi connectivity index (χ4n) is 2.28. The minimum Gasteiger partial charge on any atom is -0.618 e. The number of pyridine rings is 1. The van der Waals surface area contributed by atoms with E-state index in [0.717, 1.165) is 21.4 Å². The maximum atomic E-state index is 12.5. The van der Waals surface area contributed by atoms with E-state index in [9.17, 15) is 5.21 Å². The van der Waals surface area contributed by atoms with Gasteiger partial charge in [-0.1, -0.05) is 17.7 Å². The van der Waals surface area contributed by atoms with Crippen LogP contribution in [0.5, 0.6) is 5.75 Å². The van der Waals surface area contributed by atoms with Crippen LogP contribution >= 0.6 is 0 Å². The molecule has 1 aromatic heterocycles. The molecule has 0 aliphatic heterocycles. The third kappa shape index (κ3) is 2.07. The van der Waals surface area contributed by atoms with Gasteiger partial charge in [-0.05, 0) is 37.3 Å². The van der Waals surface area contributed by atoms with E-state index in [1.807, 2.05) is 49.4 Å². The normalized spacial score (nSPS) is 10.7. The molecule has 0 amide bonds. The quantitative estimate of drug-likeness (QED) is 0.525. The molecule has 0 unspecified atom stereocenters. The van der Waals surface area contributed by atoms with E-state index in [0.29, 0.717) is 11.2 Å². The van der Waals surface area contributed by atoms with Gasteiger partial charge in [0.05, 0.1) is 12.5 Å². The van der Waals surface area contributed by atoms with Gasteiger partial charge >= 0.3 is 0 Å². The summed E-state index contributed by atoms with van der Waals surface area (Å²) in [4.78, 5) is 0. The van der Waals surface area contributed by atoms with Crippen molar-refractivity contribution in [1.82, 2.24) is 0 Å². The van der Waals surface area contributed by atoms with E-state index in [4.69, 9.17) is 4.74 Å². The smallest absolute Gasteiger partial charge is 0.224 e. The molecule has 3 nitrogen and oxygen atoms in total. The molecule has 0 aliphatic rings. The summed E-state index contributed by atoms with van der Waals surface area (Å²) < 4.78 is 6.15. The monoisotopic (exact) mass is 265 g/mol. The second-order valence-corrected chi connectivity index (χ2v) is 4.80. The van der Waals surface area contributed by atoms with Crippen molar-refractivity contribution < 1.29 is 9.47 Å². The van der Waals surface area contributed by atoms with Gasteiger partial charge < -0.3 is 9.94 Å². The molecular weight excluding hydrogens is 250 g/mol. The van der Waals surface area contributed by atoms with Crippen LogP contribution in [0.2, 0.25) is 0 Å². The zero-order valence-corrected chi connectivity index (χ0v) is 11.5. The average molecular weight is 265 g/mol. The Hall–Kier alpha value is -2.55. The summed E-state index contributed by atoms with van der Waals surface area (Å²) in [6.07, 6.45) is 0. The number of rotatable bonds is 2. The number of hydrogen-bond acceptors (Lipinski definition) is 2. The predicted molar refractivity (Wildman–Crippen MR) is 79.6 cm³/mol. The first-order valence-corrected chi connectivity index (χ1v) is 6.46. The molecule has 0 atom stereocenters. The minimum atomic E-state index is 0.642. The Morgan fingerprint density at radius 2 is 1.70 bits per heavy atom. The van der Waals surface area contributed by atoms with Gasteiger partial charge in [-0.15, -0.1) is 0 Å². The largest absolute Gasteiger partial charge is 0.618 e. The molecule has 0 saturated heterocycles. The SMILES string of the molecule is COc1ccc2c(ccc(-c3ccc(C)cc3)[n+]2[O-])c1. The zero-order chi connectivity index (χ0) is 14.1. The van der Waals surface area contributed by atoms with Crippen LogP contribution in [-0.2, 0) is 0 Å². The molecule has 1 heterocycles. The number of nitrogens with zero attached hydrogens (tertiary/aromatic N) is 1. The highest BCUT2D eigenvalue weighted by Crippen LogP contribution is 2.22. The van der Waals surface area contributed by atoms with Crippen molar-refractivity contribution in [3.05, 3.63) is 65.4 Å². The van der Waals surface area contributed by atoms with Gasteiger partial charge in [0, 0.05) is 17.7 Å². The highest BCUT2D eigenvalue weighted by molar-refractivity contribution is 5.79. The van der Waals surface area contributed by atoms with E-state index < -0.39 is 0 Å². The van der Waals surface area contributed by atoms with Crippen molar-refractivity contribution in [2.45, 2.75) is 6.92 Å². The van der Waals surface area contributed by atoms with Crippen molar-refractivity contribution in [3.8, 4) is 17.0 Å². The number of benzene rings is 2. The molecule has 20 heavy (non-hydrogen) atoms. The van der Waals surface area contributed by atoms with Crippen molar-refractivity contribution in [2.75, 3.05) is 7.11 Å². The molecule has 3 rings (SSSR count). The van der Waals surface area contributed by atoms with Crippen LogP contribution < -0.4 is 9.47 Å². The second-order valence-electron chi connectivity index (χ2n) is 4.80. The number of fused-ring (bicyclic) bond motifs is 1. The molecule has 0 aliphatic carbocycles. The molecule has 3 heteroatoms. The molecule has 0 N–H and O–H groups in total. The van der Waals surface area contributed by atoms with Gasteiger partial charge in [-0.3, -0.25) is 0 Å². The van der Waals surface area contributed by atoms with Crippen LogP contribution in [0.15, 0.2) is 54.6 Å². The number of aromatic nitrogens is 1. The van der Waals surface area contributed by atoms with E-state index in [2.05, 4.69) is 0 Å². The molecule has 0 radical (unpaired) electrons. The van der Waals surface area contributed by atoms with E-state index in [1.54, 1.807) is 19.2 Å². The molecular formula is C17H15NO2. The number of hydrogen-bond donors (Lipinski definition) is 0. The Kier molecular flexibility index (Phi) is 3.03. The lowest BCUT2D eigenvalue weighted by Crippen LogP contribution is -2.29. The van der Waals surface area contributed by atoms with Gasteiger partial charge in [0.2, 0.25) is 11.2 Å². The van der Waals surface area contributed by atoms with E-state index in [-0.39, 0.29) is 0 Å². The minimum absolute atomic E-state index is 0.642. The summed E-state index contributed by atoms with van der Waals surface area (Å²) >= 11 is 0. The molecule has 0 bridgehead atoms. The molecule has 0 saturated carbocycles. The lowest BCUT2D eigenvalue weighted by molar-refractivity contribution is -0.565. The number of ether oxygens (including phenoxy) is 1. The van der Waals surface area contributed by atoms with Crippen LogP contribution in [0.25, 0.3) is 22.2 Å². The summed E-state index contributed by atoms with van der Waals surface area (Å²) in [5.41, 5.74) is 3.39. The third-order valence-electron chi connectivity index (χ3n) is 3.44. The molecule has 0 fully saturated rings. The van der Waals surface area contributed by atoms with Gasteiger partial charge in [-0.2, -0.15) is 4.73 Å². The van der Waals surface area contributed by atoms with Crippen LogP contribution in [0.3, 0.4) is 0 Å². The van der Waals surface area contributed by atoms with Gasteiger partial charge in [0.1, 0.15) is 5.75 Å². The number of methoxy groups -OCH3 is 1. The second kappa shape index (κ2) is 4.85. The highest BCUT2D eigenvalue weighted by atomic mass is 16.5. The number of aryl methyl sites for hydroxylation is 1. The lowest BCUT2D eigenvalue weighted by Gasteiger charge is -2.09. The van der Waals surface area contributed by atoms with E-state index in [1.165, 1.54) is 5.56 Å². The van der Waals surface area contributed by atoms with Crippen LogP contribution in [0.4, 0.5) is 0 Å². The topological polar surface area (TPSA) is 36.2 Å². The van der Waals surface area contributed by atoms with Crippen molar-refractivity contribution in [2.24, 2.45) is 0 Å². The maximum absolute atomic E-state index is 12.5. The lowest BCUT2D eigenvalue weighted by atomic mass is 10.1. The fourth-order valence-corrected chi connectivity index (χ4v) is 2.28. The summed E-state index contributed by atoms with van der Waals surface area (Å²) in [5.74, 6) is 0.751. The summed E-state index contributed by atoms with van der Waals surface area (Å²) in [6.45, 7) is 2.03. The van der Waals surface area contributed by atoms with Gasteiger partial charge in [0.15, 0.2) is 0 Å². The average Bonchev–Trinajstić information content (AvgIpc) is 2.48. The maximum Gasteiger partial charge on any atom is 0.224 e. The fraction of sp³-hybridized carbons (Fsp3) is 0.118. The van der Waals surface area contributed by atoms with Crippen molar-refractivity contribution in [3.63, 3.8) is 0 Å². The Balaban J connectivity index is 2.18. The first kappa shape index (κ1) is 12.5. The summed E-state index contributed by atoms with van der Waals surface area (Å²) in [6, 6.07) is 17.2. The molecule has 0 spiro atoms. The van der Waals surface area contributed by atoms with Crippen LogP contribution in [0, 0.1) is 12.1 Å². The molecule has 2 aromatic carbocycles. The Morgan fingerprint density at radius 1 is 0.950 bits per heavy atom. The van der Waals surface area contributed by atoms with Crippen molar-refractivity contribution in [1.29, 1.82) is 0 Å².